The molecule has 0 saturated carbocycles. The number of amides is 1. The lowest BCUT2D eigenvalue weighted by molar-refractivity contribution is -0.137. The molecule has 0 spiro atoms. The molecule has 3 heterocycles. The Morgan fingerprint density at radius 3 is 2.53 bits per heavy atom. The lowest BCUT2D eigenvalue weighted by Crippen LogP contribution is -2.31. The second kappa shape index (κ2) is 14.5. The normalized spacial score (nSPS) is 16.5. The van der Waals surface area contributed by atoms with Gasteiger partial charge in [-0.3, -0.25) is 14.6 Å². The number of carbonyl (C=O) groups excluding carboxylic acids is 2. The van der Waals surface area contributed by atoms with Gasteiger partial charge in [-0.25, -0.2) is 4.98 Å². The summed E-state index contributed by atoms with van der Waals surface area (Å²) in [6, 6.07) is 16.3. The highest BCUT2D eigenvalue weighted by molar-refractivity contribution is 7.09. The van der Waals surface area contributed by atoms with Gasteiger partial charge in [0.15, 0.2) is 5.78 Å². The number of thiazole rings is 1. The Balaban J connectivity index is 1.26. The third-order valence-electron chi connectivity index (χ3n) is 8.29. The first kappa shape index (κ1) is 32.5. The Labute approximate surface area is 265 Å². The first-order valence-electron chi connectivity index (χ1n) is 15.2. The molecule has 1 aliphatic rings. The highest BCUT2D eigenvalue weighted by Crippen LogP contribution is 2.35. The molecule has 0 radical (unpaired) electrons. The van der Waals surface area contributed by atoms with E-state index in [2.05, 4.69) is 9.97 Å². The van der Waals surface area contributed by atoms with Gasteiger partial charge in [0.05, 0.1) is 23.3 Å². The Morgan fingerprint density at radius 2 is 1.80 bits per heavy atom. The van der Waals surface area contributed by atoms with Crippen LogP contribution < -0.4 is 0 Å². The van der Waals surface area contributed by atoms with Crippen molar-refractivity contribution >= 4 is 23.0 Å². The summed E-state index contributed by atoms with van der Waals surface area (Å²) in [5.74, 6) is -0.858. The molecule has 45 heavy (non-hydrogen) atoms. The maximum atomic E-state index is 13.6. The van der Waals surface area contributed by atoms with Gasteiger partial charge in [-0.1, -0.05) is 48.5 Å². The predicted molar refractivity (Wildman–Crippen MR) is 167 cm³/mol. The zero-order valence-corrected chi connectivity index (χ0v) is 25.9. The number of aryl methyl sites for hydroxylation is 2. The van der Waals surface area contributed by atoms with E-state index in [1.54, 1.807) is 28.4 Å². The van der Waals surface area contributed by atoms with Crippen molar-refractivity contribution in [3.63, 3.8) is 0 Å². The van der Waals surface area contributed by atoms with Gasteiger partial charge in [-0.15, -0.1) is 11.3 Å². The molecule has 0 unspecified atom stereocenters. The fourth-order valence-electron chi connectivity index (χ4n) is 5.94. The van der Waals surface area contributed by atoms with Crippen LogP contribution in [0, 0.1) is 12.8 Å². The first-order valence-corrected chi connectivity index (χ1v) is 16.1. The Kier molecular flexibility index (Phi) is 10.5. The molecule has 3 atom stereocenters. The highest BCUT2D eigenvalue weighted by Gasteiger charge is 2.33. The number of aliphatic hydroxyl groups is 1. The molecule has 2 aromatic carbocycles. The SMILES string of the molecule is Cc1csc([C@H]2CCCN2C(=O)c2cncc(C(=O)C[C@@H](Cc3ccccc3)[C@H](O)CCCc3cccc(C(F)(F)F)c3)c2)n1. The number of alkyl halides is 3. The van der Waals surface area contributed by atoms with Crippen molar-refractivity contribution in [1.29, 1.82) is 0 Å². The van der Waals surface area contributed by atoms with Crippen molar-refractivity contribution in [2.75, 3.05) is 6.54 Å². The van der Waals surface area contributed by atoms with Crippen LogP contribution in [0.1, 0.15) is 86.3 Å². The molecular weight excluding hydrogens is 599 g/mol. The number of aliphatic hydroxyl groups excluding tert-OH is 1. The van der Waals surface area contributed by atoms with Crippen LogP contribution in [0.15, 0.2) is 78.4 Å². The fraction of sp³-hybridized carbons (Fsp3) is 0.371. The molecule has 10 heteroatoms. The Bertz CT molecular complexity index is 1610. The maximum Gasteiger partial charge on any atom is 0.416 e. The van der Waals surface area contributed by atoms with Crippen LogP contribution >= 0.6 is 11.3 Å². The number of hydrogen-bond acceptors (Lipinski definition) is 6. The number of carbonyl (C=O) groups is 2. The average molecular weight is 636 g/mol. The minimum atomic E-state index is -4.41. The molecule has 1 amide bonds. The largest absolute Gasteiger partial charge is 0.416 e. The van der Waals surface area contributed by atoms with Crippen molar-refractivity contribution < 1.29 is 27.9 Å². The van der Waals surface area contributed by atoms with Gasteiger partial charge >= 0.3 is 6.18 Å². The molecule has 0 bridgehead atoms. The number of Topliss-reactive ketones (excluding diaryl/α,β-unsaturated/α-hetero) is 1. The van der Waals surface area contributed by atoms with Gasteiger partial charge in [0.2, 0.25) is 0 Å². The van der Waals surface area contributed by atoms with E-state index >= 15 is 0 Å². The zero-order chi connectivity index (χ0) is 32.0. The van der Waals surface area contributed by atoms with Crippen molar-refractivity contribution in [2.45, 2.75) is 70.2 Å². The average Bonchev–Trinajstić information content (AvgIpc) is 3.70. The van der Waals surface area contributed by atoms with Crippen molar-refractivity contribution in [3.8, 4) is 0 Å². The number of nitrogens with zero attached hydrogens (tertiary/aromatic N) is 3. The molecule has 2 aromatic heterocycles. The van der Waals surface area contributed by atoms with Crippen LogP contribution in [-0.2, 0) is 19.0 Å². The molecule has 4 aromatic rings. The Morgan fingerprint density at radius 1 is 1.04 bits per heavy atom. The van der Waals surface area contributed by atoms with Crippen LogP contribution in [0.5, 0.6) is 0 Å². The van der Waals surface area contributed by atoms with Crippen LogP contribution in [0.25, 0.3) is 0 Å². The van der Waals surface area contributed by atoms with E-state index in [1.165, 1.54) is 18.5 Å². The van der Waals surface area contributed by atoms with Crippen molar-refractivity contribution in [2.24, 2.45) is 5.92 Å². The van der Waals surface area contributed by atoms with E-state index in [9.17, 15) is 27.9 Å². The van der Waals surface area contributed by atoms with Gasteiger partial charge < -0.3 is 10.0 Å². The van der Waals surface area contributed by atoms with E-state index < -0.39 is 23.8 Å². The van der Waals surface area contributed by atoms with Crippen molar-refractivity contribution in [3.05, 3.63) is 117 Å². The molecule has 1 fully saturated rings. The van der Waals surface area contributed by atoms with E-state index in [-0.39, 0.29) is 24.2 Å². The lowest BCUT2D eigenvalue weighted by atomic mass is 9.85. The van der Waals surface area contributed by atoms with Crippen LogP contribution in [0.2, 0.25) is 0 Å². The summed E-state index contributed by atoms with van der Waals surface area (Å²) in [4.78, 5) is 37.7. The van der Waals surface area contributed by atoms with E-state index in [0.29, 0.717) is 48.9 Å². The van der Waals surface area contributed by atoms with Gasteiger partial charge in [-0.2, -0.15) is 13.2 Å². The topological polar surface area (TPSA) is 83.4 Å². The maximum absolute atomic E-state index is 13.6. The third-order valence-corrected chi connectivity index (χ3v) is 9.36. The molecule has 1 saturated heterocycles. The van der Waals surface area contributed by atoms with Gasteiger partial charge in [-0.05, 0) is 74.6 Å². The van der Waals surface area contributed by atoms with Crippen molar-refractivity contribution in [1.82, 2.24) is 14.9 Å². The smallest absolute Gasteiger partial charge is 0.393 e. The molecule has 1 aliphatic heterocycles. The standard InChI is InChI=1S/C35H36F3N3O3S/c1-23-22-45-33(40-23)30-13-7-15-41(30)34(44)28-18-27(20-39-21-28)32(43)19-26(16-24-8-3-2-4-9-24)31(42)14-6-11-25-10-5-12-29(17-25)35(36,37)38/h2-5,8-10,12,17-18,20-22,26,30-31,42H,6-7,11,13-16,19H2,1H3/t26-,30-,31-/m1/s1. The minimum absolute atomic E-state index is 0.0314. The molecule has 0 aliphatic carbocycles. The van der Waals surface area contributed by atoms with Gasteiger partial charge in [0.1, 0.15) is 5.01 Å². The van der Waals surface area contributed by atoms with E-state index in [1.807, 2.05) is 42.6 Å². The van der Waals surface area contributed by atoms with E-state index in [0.717, 1.165) is 41.2 Å². The summed E-state index contributed by atoms with van der Waals surface area (Å²) in [5, 5.41) is 14.1. The minimum Gasteiger partial charge on any atom is -0.393 e. The summed E-state index contributed by atoms with van der Waals surface area (Å²) >= 11 is 1.54. The molecule has 6 nitrogen and oxygen atoms in total. The number of aromatic nitrogens is 2. The molecule has 236 valence electrons. The predicted octanol–water partition coefficient (Wildman–Crippen LogP) is 7.66. The van der Waals surface area contributed by atoms with Gasteiger partial charge in [0.25, 0.3) is 5.91 Å². The number of benzene rings is 2. The van der Waals surface area contributed by atoms with Crippen LogP contribution in [0.3, 0.4) is 0 Å². The summed E-state index contributed by atoms with van der Waals surface area (Å²) < 4.78 is 39.4. The monoisotopic (exact) mass is 635 g/mol. The quantitative estimate of drug-likeness (QED) is 0.162. The second-order valence-corrected chi connectivity index (χ2v) is 12.6. The number of ketones is 1. The second-order valence-electron chi connectivity index (χ2n) is 11.7. The summed E-state index contributed by atoms with van der Waals surface area (Å²) in [6.07, 6.45) is 0.998. The zero-order valence-electron chi connectivity index (χ0n) is 25.0. The summed E-state index contributed by atoms with van der Waals surface area (Å²) in [6.45, 7) is 2.53. The number of rotatable bonds is 12. The number of hydrogen-bond donors (Lipinski definition) is 1. The third kappa shape index (κ3) is 8.43. The number of halogens is 3. The molecular formula is C35H36F3N3O3S. The number of pyridine rings is 1. The fourth-order valence-corrected chi connectivity index (χ4v) is 6.88. The van der Waals surface area contributed by atoms with Crippen LogP contribution in [0.4, 0.5) is 13.2 Å². The van der Waals surface area contributed by atoms with Crippen LogP contribution in [-0.4, -0.2) is 44.3 Å². The summed E-state index contributed by atoms with van der Waals surface area (Å²) in [5.41, 5.74) is 2.38. The summed E-state index contributed by atoms with van der Waals surface area (Å²) in [7, 11) is 0. The molecule has 5 rings (SSSR count). The van der Waals surface area contributed by atoms with E-state index in [4.69, 9.17) is 0 Å². The van der Waals surface area contributed by atoms with Gasteiger partial charge in [0, 0.05) is 42.0 Å². The molecule has 1 N–H and O–H groups in total. The highest BCUT2D eigenvalue weighted by atomic mass is 32.1. The first-order chi connectivity index (χ1) is 21.6. The Hall–Kier alpha value is -3.89. The number of likely N-dealkylation sites (tertiary alicyclic amines) is 1. The lowest BCUT2D eigenvalue weighted by Gasteiger charge is -2.24.